The molecule has 240 valence electrons. The molecule has 5 atom stereocenters. The second kappa shape index (κ2) is 16.5. The minimum Gasteiger partial charge on any atom is -0.394 e. The van der Waals surface area contributed by atoms with Gasteiger partial charge in [-0.15, -0.1) is 0 Å². The van der Waals surface area contributed by atoms with Crippen LogP contribution in [0.3, 0.4) is 0 Å². The lowest BCUT2D eigenvalue weighted by Gasteiger charge is -2.37. The molecule has 0 bridgehead atoms. The van der Waals surface area contributed by atoms with E-state index in [1.807, 2.05) is 26.8 Å². The van der Waals surface area contributed by atoms with Crippen molar-refractivity contribution in [3.63, 3.8) is 0 Å². The van der Waals surface area contributed by atoms with E-state index in [0.717, 1.165) is 0 Å². The zero-order valence-corrected chi connectivity index (χ0v) is 25.5. The maximum Gasteiger partial charge on any atom is 0.237 e. The first kappa shape index (κ1) is 42.6. The topological polar surface area (TPSA) is 111 Å². The molecule has 7 nitrogen and oxygen atoms in total. The Morgan fingerprint density at radius 2 is 1.79 bits per heavy atom. The van der Waals surface area contributed by atoms with Gasteiger partial charge in [0.2, 0.25) is 11.8 Å². The largest absolute Gasteiger partial charge is 0.394 e. The lowest BCUT2D eigenvalue weighted by atomic mass is 9.62. The molecule has 1 fully saturated rings. The van der Waals surface area contributed by atoms with Gasteiger partial charge in [-0.2, -0.15) is 27.0 Å². The first-order valence-corrected chi connectivity index (χ1v) is 13.0. The number of aliphatic hydroxyl groups excluding tert-OH is 2. The molecule has 2 heterocycles. The number of benzene rings is 2. The first-order valence-electron chi connectivity index (χ1n) is 12.3. The standard InChI is InChI=1S/C27H32Cl2FN3O4.3CH4.2H2S/c1-26(2,3)12-21-27(17-10-19(30)18(29)11-20(17)32-25(27)37)22(14-5-4-6-15(28)9-14)23(33-21)24(36)31-8-7-16(35)13-34;;;;;/h4-6,9-11,16,21-23,33-35H,7-8,12-13H2,1-3H3,(H,31,36)(H,32,37);3*1H4;2*1H2/t16-,21+,22-,23+,27-;;;;;/m0...../s1. The maximum absolute atomic E-state index is 14.9. The Morgan fingerprint density at radius 3 is 2.36 bits per heavy atom. The number of rotatable bonds is 7. The molecule has 2 aromatic carbocycles. The van der Waals surface area contributed by atoms with E-state index in [1.165, 1.54) is 12.1 Å². The molecule has 0 radical (unpaired) electrons. The van der Waals surface area contributed by atoms with E-state index < -0.39 is 41.9 Å². The molecule has 0 saturated carbocycles. The Labute approximate surface area is 274 Å². The monoisotopic (exact) mass is 667 g/mol. The van der Waals surface area contributed by atoms with Crippen LogP contribution >= 0.6 is 50.2 Å². The van der Waals surface area contributed by atoms with E-state index in [4.69, 9.17) is 28.3 Å². The van der Waals surface area contributed by atoms with Gasteiger partial charge in [-0.3, -0.25) is 9.59 Å². The van der Waals surface area contributed by atoms with Gasteiger partial charge < -0.3 is 26.2 Å². The first-order chi connectivity index (χ1) is 17.4. The lowest BCUT2D eigenvalue weighted by molar-refractivity contribution is -0.124. The van der Waals surface area contributed by atoms with Crippen LogP contribution in [0.1, 0.15) is 72.9 Å². The number of hydrogen-bond acceptors (Lipinski definition) is 5. The molecular formula is C30H48Cl2FN3O4S2. The molecule has 0 aliphatic carbocycles. The summed E-state index contributed by atoms with van der Waals surface area (Å²) in [5, 5.41) is 28.3. The predicted molar refractivity (Wildman–Crippen MR) is 182 cm³/mol. The summed E-state index contributed by atoms with van der Waals surface area (Å²) in [6.07, 6.45) is -0.282. The van der Waals surface area contributed by atoms with Gasteiger partial charge in [0, 0.05) is 29.2 Å². The Balaban J connectivity index is 0. The molecular weight excluding hydrogens is 620 g/mol. The lowest BCUT2D eigenvalue weighted by Crippen LogP contribution is -2.49. The molecule has 2 aliphatic rings. The van der Waals surface area contributed by atoms with E-state index in [1.54, 1.807) is 18.2 Å². The van der Waals surface area contributed by atoms with Crippen LogP contribution in [-0.4, -0.2) is 53.4 Å². The second-order valence-electron chi connectivity index (χ2n) is 11.0. The smallest absolute Gasteiger partial charge is 0.237 e. The van der Waals surface area contributed by atoms with E-state index in [-0.39, 0.29) is 84.5 Å². The van der Waals surface area contributed by atoms with E-state index in [9.17, 15) is 19.1 Å². The van der Waals surface area contributed by atoms with E-state index in [2.05, 4.69) is 16.0 Å². The fourth-order valence-electron chi connectivity index (χ4n) is 5.70. The summed E-state index contributed by atoms with van der Waals surface area (Å²) < 4.78 is 14.9. The molecule has 1 saturated heterocycles. The molecule has 42 heavy (non-hydrogen) atoms. The summed E-state index contributed by atoms with van der Waals surface area (Å²) in [4.78, 5) is 27.6. The minimum atomic E-state index is -1.33. The van der Waals surface area contributed by atoms with Crippen LogP contribution in [0, 0.1) is 11.2 Å². The van der Waals surface area contributed by atoms with Crippen LogP contribution < -0.4 is 16.0 Å². The summed E-state index contributed by atoms with van der Waals surface area (Å²) in [5.74, 6) is -2.10. The average Bonchev–Trinajstić information content (AvgIpc) is 3.28. The predicted octanol–water partition coefficient (Wildman–Crippen LogP) is 5.88. The van der Waals surface area contributed by atoms with Crippen molar-refractivity contribution in [2.75, 3.05) is 18.5 Å². The Kier molecular flexibility index (Phi) is 16.8. The van der Waals surface area contributed by atoms with Crippen LogP contribution in [0.5, 0.6) is 0 Å². The van der Waals surface area contributed by atoms with Crippen LogP contribution in [0.2, 0.25) is 10.0 Å². The van der Waals surface area contributed by atoms with Gasteiger partial charge in [0.15, 0.2) is 0 Å². The highest BCUT2D eigenvalue weighted by molar-refractivity contribution is 7.59. The molecule has 2 amide bonds. The van der Waals surface area contributed by atoms with Gasteiger partial charge in [0.05, 0.1) is 23.8 Å². The summed E-state index contributed by atoms with van der Waals surface area (Å²) in [6, 6.07) is 8.30. The molecule has 0 unspecified atom stereocenters. The summed E-state index contributed by atoms with van der Waals surface area (Å²) in [6.45, 7) is 5.83. The zero-order chi connectivity index (χ0) is 27.1. The molecule has 5 N–H and O–H groups in total. The molecule has 12 heteroatoms. The normalized spacial score (nSPS) is 22.7. The summed E-state index contributed by atoms with van der Waals surface area (Å²) in [5.41, 5.74) is -0.0573. The fourth-order valence-corrected chi connectivity index (χ4v) is 6.06. The second-order valence-corrected chi connectivity index (χ2v) is 11.9. The van der Waals surface area contributed by atoms with E-state index >= 15 is 0 Å². The van der Waals surface area contributed by atoms with Crippen molar-refractivity contribution in [1.29, 1.82) is 0 Å². The number of amides is 2. The van der Waals surface area contributed by atoms with Gasteiger partial charge >= 0.3 is 0 Å². The van der Waals surface area contributed by atoms with Gasteiger partial charge in [-0.25, -0.2) is 4.39 Å². The number of anilines is 1. The third kappa shape index (κ3) is 8.14. The zero-order valence-electron chi connectivity index (χ0n) is 21.9. The summed E-state index contributed by atoms with van der Waals surface area (Å²) in [7, 11) is 0. The van der Waals surface area contributed by atoms with Crippen LogP contribution in [0.15, 0.2) is 36.4 Å². The van der Waals surface area contributed by atoms with Crippen molar-refractivity contribution < 1.29 is 24.2 Å². The molecule has 0 aromatic heterocycles. The number of hydrogen-bond donors (Lipinski definition) is 5. The van der Waals surface area contributed by atoms with Gasteiger partial charge in [0.1, 0.15) is 11.2 Å². The van der Waals surface area contributed by atoms with Crippen LogP contribution in [0.4, 0.5) is 10.1 Å². The van der Waals surface area contributed by atoms with Gasteiger partial charge in [-0.05, 0) is 53.6 Å². The van der Waals surface area contributed by atoms with Gasteiger partial charge in [-0.1, -0.05) is 78.4 Å². The number of halogens is 3. The SMILES string of the molecule is C.C.C.CC(C)(C)C[C@H]1N[C@@H](C(=O)NCC[C@H](O)CO)[C@H](c2cccc(Cl)c2)[C@@]12C(=O)Nc1cc(Cl)c(F)cc12.S.S. The van der Waals surface area contributed by atoms with Gasteiger partial charge in [0.25, 0.3) is 0 Å². The Bertz CT molecular complexity index is 1220. The maximum atomic E-state index is 14.9. The molecule has 2 aromatic rings. The number of fused-ring (bicyclic) bond motifs is 2. The van der Waals surface area contributed by atoms with Crippen LogP contribution in [0.25, 0.3) is 0 Å². The molecule has 2 aliphatic heterocycles. The van der Waals surface area contributed by atoms with Crippen molar-refractivity contribution in [3.8, 4) is 0 Å². The highest BCUT2D eigenvalue weighted by atomic mass is 35.5. The van der Waals surface area contributed by atoms with Crippen molar-refractivity contribution in [3.05, 3.63) is 63.4 Å². The number of carbonyl (C=O) groups is 2. The fraction of sp³-hybridized carbons (Fsp3) is 0.533. The summed E-state index contributed by atoms with van der Waals surface area (Å²) >= 11 is 12.4. The average molecular weight is 669 g/mol. The highest BCUT2D eigenvalue weighted by Crippen LogP contribution is 2.57. The van der Waals surface area contributed by atoms with Crippen molar-refractivity contribution >= 4 is 67.7 Å². The molecule has 4 rings (SSSR count). The van der Waals surface area contributed by atoms with Crippen LogP contribution in [-0.2, 0) is 15.0 Å². The number of carbonyl (C=O) groups excluding carboxylic acids is 2. The van der Waals surface area contributed by atoms with Crippen molar-refractivity contribution in [1.82, 2.24) is 10.6 Å². The quantitative estimate of drug-likeness (QED) is 0.253. The third-order valence-corrected chi connectivity index (χ3v) is 7.70. The third-order valence-electron chi connectivity index (χ3n) is 7.18. The molecule has 1 spiro atoms. The number of aliphatic hydroxyl groups is 2. The van der Waals surface area contributed by atoms with Crippen molar-refractivity contribution in [2.24, 2.45) is 5.41 Å². The Hall–Kier alpha value is -1.53. The minimum absolute atomic E-state index is 0. The highest BCUT2D eigenvalue weighted by Gasteiger charge is 2.65. The van der Waals surface area contributed by atoms with Crippen molar-refractivity contribution in [2.45, 2.75) is 85.4 Å². The Morgan fingerprint density at radius 1 is 1.14 bits per heavy atom. The number of nitrogens with one attached hydrogen (secondary N) is 3. The van der Waals surface area contributed by atoms with E-state index in [0.29, 0.717) is 28.3 Å².